The molecule has 0 aliphatic carbocycles. The average molecular weight is 464 g/mol. The number of carbonyl (C=O) groups excluding carboxylic acids is 1. The number of ether oxygens (including phenoxy) is 1. The zero-order valence-corrected chi connectivity index (χ0v) is 18.9. The maximum absolute atomic E-state index is 12.3. The molecule has 1 amide bonds. The molecule has 0 radical (unpaired) electrons. The minimum absolute atomic E-state index is 0.0721. The average Bonchev–Trinajstić information content (AvgIpc) is 2.73. The lowest BCUT2D eigenvalue weighted by molar-refractivity contribution is -0.113. The minimum Gasteiger partial charge on any atom is -0.495 e. The van der Waals surface area contributed by atoms with Crippen molar-refractivity contribution in [3.63, 3.8) is 0 Å². The van der Waals surface area contributed by atoms with Gasteiger partial charge in [0.05, 0.1) is 17.9 Å². The molecule has 2 aliphatic rings. The van der Waals surface area contributed by atoms with Crippen molar-refractivity contribution in [2.75, 3.05) is 31.3 Å². The number of hydrogen-bond acceptors (Lipinski definition) is 5. The Kier molecular flexibility index (Phi) is 6.36. The Morgan fingerprint density at radius 2 is 2.13 bits per heavy atom. The Morgan fingerprint density at radius 3 is 2.90 bits per heavy atom. The third kappa shape index (κ3) is 4.50. The lowest BCUT2D eigenvalue weighted by Crippen LogP contribution is -2.48. The molecule has 2 aromatic rings. The van der Waals surface area contributed by atoms with E-state index in [-0.39, 0.29) is 17.2 Å². The Bertz CT molecular complexity index is 1040. The number of thioether (sulfide) groups is 1. The van der Waals surface area contributed by atoms with Crippen molar-refractivity contribution >= 4 is 51.5 Å². The number of thiocarbonyl (C=S) groups is 1. The van der Waals surface area contributed by atoms with E-state index in [1.165, 1.54) is 11.8 Å². The van der Waals surface area contributed by atoms with Crippen LogP contribution in [0.4, 0.5) is 5.69 Å². The number of pyridine rings is 1. The molecule has 2 aliphatic heterocycles. The van der Waals surface area contributed by atoms with Crippen LogP contribution in [0.2, 0.25) is 5.02 Å². The molecule has 4 rings (SSSR count). The van der Waals surface area contributed by atoms with Gasteiger partial charge in [0.25, 0.3) is 5.56 Å². The van der Waals surface area contributed by atoms with Crippen molar-refractivity contribution in [2.45, 2.75) is 18.9 Å². The van der Waals surface area contributed by atoms with E-state index in [9.17, 15) is 9.59 Å². The highest BCUT2D eigenvalue weighted by Crippen LogP contribution is 2.36. The summed E-state index contributed by atoms with van der Waals surface area (Å²) in [6.45, 7) is 2.33. The van der Waals surface area contributed by atoms with Crippen molar-refractivity contribution in [2.24, 2.45) is 5.92 Å². The van der Waals surface area contributed by atoms with E-state index in [1.807, 2.05) is 16.7 Å². The third-order valence-corrected chi connectivity index (χ3v) is 7.32. The van der Waals surface area contributed by atoms with Gasteiger partial charge < -0.3 is 19.5 Å². The first-order valence-electron chi connectivity index (χ1n) is 9.69. The predicted molar refractivity (Wildman–Crippen MR) is 125 cm³/mol. The zero-order valence-electron chi connectivity index (χ0n) is 16.5. The van der Waals surface area contributed by atoms with E-state index in [2.05, 4.69) is 10.2 Å². The third-order valence-electron chi connectivity index (χ3n) is 5.50. The molecule has 1 aromatic heterocycles. The number of benzene rings is 1. The van der Waals surface area contributed by atoms with E-state index < -0.39 is 0 Å². The molecule has 2 bridgehead atoms. The summed E-state index contributed by atoms with van der Waals surface area (Å²) in [6.07, 6.45) is 1.08. The zero-order chi connectivity index (χ0) is 21.3. The van der Waals surface area contributed by atoms with Gasteiger partial charge in [0.1, 0.15) is 10.1 Å². The van der Waals surface area contributed by atoms with Crippen LogP contribution in [0.5, 0.6) is 5.75 Å². The number of amides is 1. The Balaban J connectivity index is 1.33. The first-order valence-corrected chi connectivity index (χ1v) is 11.5. The molecule has 9 heteroatoms. The monoisotopic (exact) mass is 463 g/mol. The van der Waals surface area contributed by atoms with Crippen LogP contribution in [0.3, 0.4) is 0 Å². The van der Waals surface area contributed by atoms with Gasteiger partial charge in [-0.3, -0.25) is 9.59 Å². The molecule has 0 spiro atoms. The molecule has 1 aromatic carbocycles. The first kappa shape index (κ1) is 21.2. The number of anilines is 1. The fourth-order valence-electron chi connectivity index (χ4n) is 4.21. The Morgan fingerprint density at radius 1 is 1.30 bits per heavy atom. The maximum atomic E-state index is 12.3. The lowest BCUT2D eigenvalue weighted by Gasteiger charge is -2.43. The van der Waals surface area contributed by atoms with E-state index in [1.54, 1.807) is 31.4 Å². The van der Waals surface area contributed by atoms with Crippen molar-refractivity contribution in [3.8, 4) is 5.75 Å². The summed E-state index contributed by atoms with van der Waals surface area (Å²) in [6, 6.07) is 10.6. The predicted octanol–water partition coefficient (Wildman–Crippen LogP) is 3.59. The van der Waals surface area contributed by atoms with Gasteiger partial charge in [0.15, 0.2) is 0 Å². The van der Waals surface area contributed by atoms with E-state index >= 15 is 0 Å². The number of rotatable bonds is 4. The molecule has 30 heavy (non-hydrogen) atoms. The quantitative estimate of drug-likeness (QED) is 0.699. The van der Waals surface area contributed by atoms with Crippen molar-refractivity contribution in [3.05, 3.63) is 57.5 Å². The molecule has 3 heterocycles. The van der Waals surface area contributed by atoms with Crippen LogP contribution in [-0.4, -0.2) is 45.6 Å². The number of methoxy groups -OCH3 is 1. The molecule has 0 unspecified atom stereocenters. The van der Waals surface area contributed by atoms with Crippen molar-refractivity contribution in [1.29, 1.82) is 0 Å². The van der Waals surface area contributed by atoms with Gasteiger partial charge in [-0.1, -0.05) is 41.6 Å². The van der Waals surface area contributed by atoms with Gasteiger partial charge in [0, 0.05) is 43.0 Å². The summed E-state index contributed by atoms with van der Waals surface area (Å²) in [7, 11) is 1.54. The number of nitrogens with zero attached hydrogens (tertiary/aromatic N) is 2. The summed E-state index contributed by atoms with van der Waals surface area (Å²) in [5.41, 5.74) is 1.78. The van der Waals surface area contributed by atoms with Gasteiger partial charge in [-0.25, -0.2) is 0 Å². The number of nitrogens with one attached hydrogen (secondary N) is 1. The largest absolute Gasteiger partial charge is 0.495 e. The van der Waals surface area contributed by atoms with Gasteiger partial charge in [0.2, 0.25) is 5.91 Å². The van der Waals surface area contributed by atoms with Crippen LogP contribution >= 0.6 is 35.6 Å². The first-order chi connectivity index (χ1) is 14.4. The van der Waals surface area contributed by atoms with Gasteiger partial charge in [-0.15, -0.1) is 0 Å². The van der Waals surface area contributed by atoms with E-state index in [0.29, 0.717) is 28.3 Å². The molecule has 1 fully saturated rings. The summed E-state index contributed by atoms with van der Waals surface area (Å²) in [5.74, 6) is 1.33. The maximum Gasteiger partial charge on any atom is 0.250 e. The molecule has 2 atom stereocenters. The van der Waals surface area contributed by atoms with Crippen LogP contribution in [0, 0.1) is 5.92 Å². The molecular weight excluding hydrogens is 442 g/mol. The number of likely N-dealkylation sites (tertiary alicyclic amines) is 1. The van der Waals surface area contributed by atoms with Gasteiger partial charge >= 0.3 is 0 Å². The lowest BCUT2D eigenvalue weighted by atomic mass is 9.83. The van der Waals surface area contributed by atoms with E-state index in [0.717, 1.165) is 36.1 Å². The number of fused-ring (bicyclic) bond motifs is 4. The molecular formula is C21H22ClN3O3S2. The second kappa shape index (κ2) is 8.99. The summed E-state index contributed by atoms with van der Waals surface area (Å²) in [4.78, 5) is 26.7. The molecule has 1 saturated heterocycles. The number of aromatic nitrogens is 1. The normalized spacial score (nSPS) is 19.7. The van der Waals surface area contributed by atoms with Crippen LogP contribution < -0.4 is 15.6 Å². The number of halogens is 1. The Labute approximate surface area is 189 Å². The Hall–Kier alpha value is -2.03. The topological polar surface area (TPSA) is 63.6 Å². The second-order valence-electron chi connectivity index (χ2n) is 7.56. The highest BCUT2D eigenvalue weighted by Gasteiger charge is 2.35. The van der Waals surface area contributed by atoms with E-state index in [4.69, 9.17) is 28.6 Å². The molecule has 1 N–H and O–H groups in total. The fraction of sp³-hybridized carbons (Fsp3) is 0.381. The standard InChI is InChI=1S/C21H22ClN3O3S2/c1-28-18-6-5-15(8-16(18)22)23-19(26)12-30-21(29)24-9-13-7-14(11-24)17-3-2-4-20(27)25(17)10-13/h2-6,8,13-14H,7,9-12H2,1H3,(H,23,26)/t13-,14+/m1/s1. The van der Waals surface area contributed by atoms with Crippen LogP contribution in [0.1, 0.15) is 18.0 Å². The fourth-order valence-corrected chi connectivity index (χ4v) is 5.45. The SMILES string of the molecule is COc1ccc(NC(=O)CSC(=S)N2C[C@H]3C[C@@H](C2)c2cccc(=O)n2C3)cc1Cl. The molecule has 6 nitrogen and oxygen atoms in total. The number of hydrogen-bond donors (Lipinski definition) is 1. The van der Waals surface area contributed by atoms with Gasteiger partial charge in [-0.2, -0.15) is 0 Å². The smallest absolute Gasteiger partial charge is 0.250 e. The summed E-state index contributed by atoms with van der Waals surface area (Å²) < 4.78 is 7.74. The highest BCUT2D eigenvalue weighted by atomic mass is 35.5. The van der Waals surface area contributed by atoms with Crippen molar-refractivity contribution < 1.29 is 9.53 Å². The van der Waals surface area contributed by atoms with Crippen LogP contribution in [0.25, 0.3) is 0 Å². The van der Waals surface area contributed by atoms with Crippen LogP contribution in [0.15, 0.2) is 41.2 Å². The van der Waals surface area contributed by atoms with Crippen molar-refractivity contribution in [1.82, 2.24) is 9.47 Å². The summed E-state index contributed by atoms with van der Waals surface area (Å²) in [5, 5.41) is 3.28. The molecule has 158 valence electrons. The molecule has 0 saturated carbocycles. The number of piperidine rings is 1. The number of carbonyl (C=O) groups is 1. The highest BCUT2D eigenvalue weighted by molar-refractivity contribution is 8.23. The van der Waals surface area contributed by atoms with Crippen LogP contribution in [-0.2, 0) is 11.3 Å². The minimum atomic E-state index is -0.141. The summed E-state index contributed by atoms with van der Waals surface area (Å²) >= 11 is 13.1. The second-order valence-corrected chi connectivity index (χ2v) is 9.57. The van der Waals surface area contributed by atoms with Gasteiger partial charge in [-0.05, 0) is 36.6 Å².